The highest BCUT2D eigenvalue weighted by atomic mass is 32.2. The molecule has 1 aliphatic carbocycles. The molecule has 0 spiro atoms. The molecule has 2 rings (SSSR count). The maximum absolute atomic E-state index is 11.4. The van der Waals surface area contributed by atoms with Crippen LogP contribution in [0.4, 0.5) is 5.69 Å². The Morgan fingerprint density at radius 2 is 2.15 bits per heavy atom. The number of thioether (sulfide) groups is 1. The van der Waals surface area contributed by atoms with Gasteiger partial charge in [-0.1, -0.05) is 0 Å². The Hall–Kier alpha value is -1.69. The minimum atomic E-state index is -0.970. The van der Waals surface area contributed by atoms with Crippen LogP contribution in [0, 0.1) is 5.41 Å². The molecule has 1 aromatic carbocycles. The van der Waals surface area contributed by atoms with Gasteiger partial charge in [0.25, 0.3) is 0 Å². The van der Waals surface area contributed by atoms with Crippen LogP contribution in [0.2, 0.25) is 0 Å². The highest BCUT2D eigenvalue weighted by molar-refractivity contribution is 7.99. The Balaban J connectivity index is 2.02. The maximum atomic E-state index is 11.4. The highest BCUT2D eigenvalue weighted by Gasteiger charge is 2.44. The predicted octanol–water partition coefficient (Wildman–Crippen LogP) is 2.40. The van der Waals surface area contributed by atoms with E-state index in [0.717, 1.165) is 23.5 Å². The van der Waals surface area contributed by atoms with Crippen molar-refractivity contribution >= 4 is 29.4 Å². The van der Waals surface area contributed by atoms with Crippen LogP contribution in [0.1, 0.15) is 29.6 Å². The number of nitrogen functional groups attached to an aromatic ring is 1. The summed E-state index contributed by atoms with van der Waals surface area (Å²) in [5.74, 6) is -0.423. The molecule has 1 fully saturated rings. The standard InChI is InChI=1S/C14H17NO4S/c1-19-12(16)7-14(4-5-14)8-20-11-6-9(13(17)18)2-3-10(11)15/h2-3,6H,4-5,7-8,15H2,1H3,(H,17,18). The number of ether oxygens (including phenoxy) is 1. The van der Waals surface area contributed by atoms with E-state index in [-0.39, 0.29) is 16.9 Å². The van der Waals surface area contributed by atoms with Gasteiger partial charge in [-0.2, -0.15) is 0 Å². The SMILES string of the molecule is COC(=O)CC1(CSc2cc(C(=O)O)ccc2N)CC1. The second-order valence-electron chi connectivity index (χ2n) is 5.10. The number of hydrogen-bond donors (Lipinski definition) is 2. The molecule has 5 nitrogen and oxygen atoms in total. The predicted molar refractivity (Wildman–Crippen MR) is 76.8 cm³/mol. The van der Waals surface area contributed by atoms with Gasteiger partial charge in [0.2, 0.25) is 0 Å². The van der Waals surface area contributed by atoms with Gasteiger partial charge in [0, 0.05) is 16.3 Å². The van der Waals surface area contributed by atoms with Crippen molar-refractivity contribution in [1.29, 1.82) is 0 Å². The number of carbonyl (C=O) groups is 2. The molecule has 108 valence electrons. The van der Waals surface area contributed by atoms with E-state index in [1.54, 1.807) is 12.1 Å². The van der Waals surface area contributed by atoms with E-state index in [1.165, 1.54) is 24.9 Å². The molecule has 0 unspecified atom stereocenters. The number of aromatic carboxylic acids is 1. The van der Waals surface area contributed by atoms with Crippen molar-refractivity contribution in [3.05, 3.63) is 23.8 Å². The lowest BCUT2D eigenvalue weighted by Crippen LogP contribution is -2.13. The average molecular weight is 295 g/mol. The van der Waals surface area contributed by atoms with Crippen molar-refractivity contribution in [2.24, 2.45) is 5.41 Å². The number of methoxy groups -OCH3 is 1. The van der Waals surface area contributed by atoms with Crippen molar-refractivity contribution in [2.75, 3.05) is 18.6 Å². The Bertz CT molecular complexity index is 540. The topological polar surface area (TPSA) is 89.6 Å². The third-order valence-electron chi connectivity index (χ3n) is 3.50. The van der Waals surface area contributed by atoms with Gasteiger partial charge in [0.15, 0.2) is 0 Å². The fourth-order valence-electron chi connectivity index (χ4n) is 1.95. The Labute approximate surface area is 121 Å². The lowest BCUT2D eigenvalue weighted by atomic mass is 10.1. The van der Waals surface area contributed by atoms with E-state index in [9.17, 15) is 9.59 Å². The van der Waals surface area contributed by atoms with Gasteiger partial charge in [0.1, 0.15) is 0 Å². The van der Waals surface area contributed by atoms with Gasteiger partial charge < -0.3 is 15.6 Å². The van der Waals surface area contributed by atoms with Gasteiger partial charge in [-0.25, -0.2) is 4.79 Å². The van der Waals surface area contributed by atoms with Crippen molar-refractivity contribution in [3.8, 4) is 0 Å². The number of rotatable bonds is 6. The van der Waals surface area contributed by atoms with Gasteiger partial charge in [-0.3, -0.25) is 4.79 Å². The Morgan fingerprint density at radius 3 is 2.70 bits per heavy atom. The summed E-state index contributed by atoms with van der Waals surface area (Å²) in [7, 11) is 1.39. The minimum Gasteiger partial charge on any atom is -0.478 e. The largest absolute Gasteiger partial charge is 0.478 e. The molecule has 1 aliphatic rings. The molecule has 1 aromatic rings. The van der Waals surface area contributed by atoms with Gasteiger partial charge >= 0.3 is 11.9 Å². The number of carboxylic acid groups (broad SMARTS) is 1. The van der Waals surface area contributed by atoms with Crippen LogP contribution < -0.4 is 5.73 Å². The first kappa shape index (κ1) is 14.7. The summed E-state index contributed by atoms with van der Waals surface area (Å²) in [6, 6.07) is 4.67. The fourth-order valence-corrected chi connectivity index (χ4v) is 3.25. The first-order chi connectivity index (χ1) is 9.46. The first-order valence-electron chi connectivity index (χ1n) is 6.28. The zero-order chi connectivity index (χ0) is 14.8. The van der Waals surface area contributed by atoms with Crippen LogP contribution in [0.5, 0.6) is 0 Å². The lowest BCUT2D eigenvalue weighted by molar-refractivity contribution is -0.141. The minimum absolute atomic E-state index is 0.0105. The van der Waals surface area contributed by atoms with E-state index < -0.39 is 5.97 Å². The molecule has 6 heteroatoms. The summed E-state index contributed by atoms with van der Waals surface area (Å²) in [6.45, 7) is 0. The third kappa shape index (κ3) is 3.45. The quantitative estimate of drug-likeness (QED) is 0.476. The van der Waals surface area contributed by atoms with Crippen LogP contribution in [-0.4, -0.2) is 29.9 Å². The lowest BCUT2D eigenvalue weighted by Gasteiger charge is -2.14. The van der Waals surface area contributed by atoms with Gasteiger partial charge in [-0.05, 0) is 36.5 Å². The van der Waals surface area contributed by atoms with Crippen LogP contribution in [0.25, 0.3) is 0 Å². The molecule has 0 aliphatic heterocycles. The van der Waals surface area contributed by atoms with Crippen molar-refractivity contribution in [1.82, 2.24) is 0 Å². The molecule has 20 heavy (non-hydrogen) atoms. The van der Waals surface area contributed by atoms with E-state index in [4.69, 9.17) is 15.6 Å². The molecule has 0 aromatic heterocycles. The number of carboxylic acids is 1. The number of nitrogens with two attached hydrogens (primary N) is 1. The van der Waals surface area contributed by atoms with E-state index in [1.807, 2.05) is 0 Å². The van der Waals surface area contributed by atoms with Crippen LogP contribution in [0.3, 0.4) is 0 Å². The zero-order valence-electron chi connectivity index (χ0n) is 11.2. The van der Waals surface area contributed by atoms with E-state index in [2.05, 4.69) is 0 Å². The smallest absolute Gasteiger partial charge is 0.335 e. The second kappa shape index (κ2) is 5.75. The fraction of sp³-hybridized carbons (Fsp3) is 0.429. The molecular weight excluding hydrogens is 278 g/mol. The molecule has 0 radical (unpaired) electrons. The van der Waals surface area contributed by atoms with E-state index in [0.29, 0.717) is 12.1 Å². The molecule has 0 bridgehead atoms. The van der Waals surface area contributed by atoms with Gasteiger partial charge in [0.05, 0.1) is 19.1 Å². The summed E-state index contributed by atoms with van der Waals surface area (Å²) in [5, 5.41) is 8.98. The van der Waals surface area contributed by atoms with Crippen LogP contribution >= 0.6 is 11.8 Å². The summed E-state index contributed by atoms with van der Waals surface area (Å²) in [5.41, 5.74) is 6.64. The number of benzene rings is 1. The number of esters is 1. The van der Waals surface area contributed by atoms with Crippen LogP contribution in [-0.2, 0) is 9.53 Å². The normalized spacial score (nSPS) is 15.7. The maximum Gasteiger partial charge on any atom is 0.335 e. The van der Waals surface area contributed by atoms with Crippen LogP contribution in [0.15, 0.2) is 23.1 Å². The van der Waals surface area contributed by atoms with Crippen molar-refractivity contribution in [3.63, 3.8) is 0 Å². The Kier molecular flexibility index (Phi) is 4.23. The van der Waals surface area contributed by atoms with Crippen molar-refractivity contribution < 1.29 is 19.4 Å². The molecule has 3 N–H and O–H groups in total. The van der Waals surface area contributed by atoms with Gasteiger partial charge in [-0.15, -0.1) is 11.8 Å². The van der Waals surface area contributed by atoms with E-state index >= 15 is 0 Å². The molecule has 0 saturated heterocycles. The highest BCUT2D eigenvalue weighted by Crippen LogP contribution is 2.52. The number of hydrogen-bond acceptors (Lipinski definition) is 5. The summed E-state index contributed by atoms with van der Waals surface area (Å²) < 4.78 is 4.70. The number of anilines is 1. The molecule has 1 saturated carbocycles. The second-order valence-corrected chi connectivity index (χ2v) is 6.12. The molecule has 0 heterocycles. The average Bonchev–Trinajstić information content (AvgIpc) is 3.17. The Morgan fingerprint density at radius 1 is 1.45 bits per heavy atom. The summed E-state index contributed by atoms with van der Waals surface area (Å²) in [4.78, 5) is 23.1. The molecule has 0 amide bonds. The van der Waals surface area contributed by atoms with Crippen molar-refractivity contribution in [2.45, 2.75) is 24.2 Å². The molecular formula is C14H17NO4S. The summed E-state index contributed by atoms with van der Waals surface area (Å²) in [6.07, 6.45) is 2.40. The monoisotopic (exact) mass is 295 g/mol. The first-order valence-corrected chi connectivity index (χ1v) is 7.27. The molecule has 0 atom stereocenters. The zero-order valence-corrected chi connectivity index (χ0v) is 12.0. The number of carbonyl (C=O) groups excluding carboxylic acids is 1. The summed E-state index contributed by atoms with van der Waals surface area (Å²) >= 11 is 1.50. The third-order valence-corrected chi connectivity index (χ3v) is 4.92.